The van der Waals surface area contributed by atoms with Crippen LogP contribution in [0.25, 0.3) is 0 Å². The second-order valence-corrected chi connectivity index (χ2v) is 7.40. The molecule has 0 bridgehead atoms. The number of hydrogen-bond donors (Lipinski definition) is 0. The molecule has 4 rings (SSSR count). The van der Waals surface area contributed by atoms with Gasteiger partial charge in [0.25, 0.3) is 11.8 Å². The number of benzene rings is 1. The van der Waals surface area contributed by atoms with Gasteiger partial charge in [-0.2, -0.15) is 0 Å². The van der Waals surface area contributed by atoms with E-state index in [1.165, 1.54) is 30.6 Å². The van der Waals surface area contributed by atoms with Gasteiger partial charge in [-0.15, -0.1) is 0 Å². The maximum absolute atomic E-state index is 12.8. The Hall–Kier alpha value is -2.17. The van der Waals surface area contributed by atoms with Gasteiger partial charge < -0.3 is 4.90 Å². The summed E-state index contributed by atoms with van der Waals surface area (Å²) in [6, 6.07) is 7.24. The summed E-state index contributed by atoms with van der Waals surface area (Å²) in [6.07, 6.45) is 7.33. The number of piperidine rings is 1. The quantitative estimate of drug-likeness (QED) is 0.795. The van der Waals surface area contributed by atoms with E-state index in [2.05, 4.69) is 0 Å². The highest BCUT2D eigenvalue weighted by atomic mass is 16.2. The van der Waals surface area contributed by atoms with E-state index in [1.807, 2.05) is 4.90 Å². The minimum Gasteiger partial charge on any atom is -0.339 e. The molecule has 5 nitrogen and oxygen atoms in total. The number of rotatable bonds is 3. The largest absolute Gasteiger partial charge is 0.339 e. The Bertz CT molecular complexity index is 678. The first-order valence-electron chi connectivity index (χ1n) is 9.41. The van der Waals surface area contributed by atoms with Crippen molar-refractivity contribution in [2.24, 2.45) is 5.92 Å². The van der Waals surface area contributed by atoms with Crippen molar-refractivity contribution in [1.29, 1.82) is 0 Å². The molecule has 1 aromatic rings. The molecule has 0 radical (unpaired) electrons. The van der Waals surface area contributed by atoms with E-state index in [0.29, 0.717) is 23.1 Å². The molecule has 0 unspecified atom stereocenters. The van der Waals surface area contributed by atoms with Gasteiger partial charge in [-0.3, -0.25) is 19.3 Å². The van der Waals surface area contributed by atoms with Gasteiger partial charge in [0, 0.05) is 25.6 Å². The number of fused-ring (bicyclic) bond motifs is 2. The van der Waals surface area contributed by atoms with Gasteiger partial charge in [-0.05, 0) is 43.7 Å². The van der Waals surface area contributed by atoms with E-state index in [0.717, 1.165) is 19.4 Å². The van der Waals surface area contributed by atoms with Crippen molar-refractivity contribution in [3.63, 3.8) is 0 Å². The molecule has 1 aliphatic carbocycles. The molecule has 0 spiro atoms. The standard InChI is InChI=1S/C20H24N2O3/c23-18(21-12-5-7-14-6-1-4-10-17(14)21)11-13-22-19(24)15-8-2-3-9-16(15)20(22)25/h2-3,8-9,14,17H,1,4-7,10-13H2/t14-,17-/m1/s1. The predicted molar refractivity (Wildman–Crippen MR) is 93.1 cm³/mol. The number of hydrogen-bond acceptors (Lipinski definition) is 3. The zero-order valence-corrected chi connectivity index (χ0v) is 14.4. The highest BCUT2D eigenvalue weighted by Gasteiger charge is 2.38. The zero-order chi connectivity index (χ0) is 17.4. The summed E-state index contributed by atoms with van der Waals surface area (Å²) in [6.45, 7) is 1.00. The first kappa shape index (κ1) is 16.3. The van der Waals surface area contributed by atoms with Gasteiger partial charge in [0.05, 0.1) is 11.1 Å². The van der Waals surface area contributed by atoms with E-state index in [1.54, 1.807) is 24.3 Å². The van der Waals surface area contributed by atoms with Crippen LogP contribution in [0.1, 0.15) is 65.7 Å². The van der Waals surface area contributed by atoms with Crippen LogP contribution in [0.4, 0.5) is 0 Å². The monoisotopic (exact) mass is 340 g/mol. The number of nitrogens with zero attached hydrogens (tertiary/aromatic N) is 2. The van der Waals surface area contributed by atoms with Crippen LogP contribution < -0.4 is 0 Å². The summed E-state index contributed by atoms with van der Waals surface area (Å²) in [7, 11) is 0. The molecule has 3 amide bonds. The van der Waals surface area contributed by atoms with Crippen LogP contribution in [0.3, 0.4) is 0 Å². The molecule has 1 aromatic carbocycles. The van der Waals surface area contributed by atoms with Crippen LogP contribution in [-0.4, -0.2) is 46.7 Å². The van der Waals surface area contributed by atoms with E-state index in [9.17, 15) is 14.4 Å². The summed E-state index contributed by atoms with van der Waals surface area (Å²) < 4.78 is 0. The molecule has 2 fully saturated rings. The fourth-order valence-electron chi connectivity index (χ4n) is 4.73. The minimum absolute atomic E-state index is 0.0909. The molecule has 2 heterocycles. The normalized spacial score (nSPS) is 25.8. The van der Waals surface area contributed by atoms with Crippen molar-refractivity contribution in [1.82, 2.24) is 9.80 Å². The number of carbonyl (C=O) groups is 3. The van der Waals surface area contributed by atoms with Crippen LogP contribution >= 0.6 is 0 Å². The topological polar surface area (TPSA) is 57.7 Å². The van der Waals surface area contributed by atoms with Crippen molar-refractivity contribution in [2.75, 3.05) is 13.1 Å². The van der Waals surface area contributed by atoms with Crippen molar-refractivity contribution in [2.45, 2.75) is 51.0 Å². The third-order valence-electron chi connectivity index (χ3n) is 5.99. The summed E-state index contributed by atoms with van der Waals surface area (Å²) in [5, 5.41) is 0. The summed E-state index contributed by atoms with van der Waals surface area (Å²) in [5.41, 5.74) is 0.899. The van der Waals surface area contributed by atoms with Crippen molar-refractivity contribution < 1.29 is 14.4 Å². The number of likely N-dealkylation sites (tertiary alicyclic amines) is 1. The Morgan fingerprint density at radius 2 is 1.60 bits per heavy atom. The number of amides is 3. The molecule has 132 valence electrons. The maximum Gasteiger partial charge on any atom is 0.261 e. The van der Waals surface area contributed by atoms with Crippen LogP contribution in [0, 0.1) is 5.92 Å². The van der Waals surface area contributed by atoms with Crippen LogP contribution in [0.5, 0.6) is 0 Å². The number of imide groups is 1. The lowest BCUT2D eigenvalue weighted by Gasteiger charge is -2.44. The average Bonchev–Trinajstić information content (AvgIpc) is 2.90. The molecule has 2 atom stereocenters. The SMILES string of the molecule is O=C1c2ccccc2C(=O)N1CCC(=O)N1CCC[C@H]2CCCC[C@H]21. The molecule has 0 N–H and O–H groups in total. The summed E-state index contributed by atoms with van der Waals surface area (Å²) in [5.74, 6) is 0.184. The smallest absolute Gasteiger partial charge is 0.261 e. The molecular formula is C20H24N2O3. The molecule has 3 aliphatic rings. The van der Waals surface area contributed by atoms with Gasteiger partial charge in [-0.1, -0.05) is 25.0 Å². The van der Waals surface area contributed by atoms with E-state index >= 15 is 0 Å². The highest BCUT2D eigenvalue weighted by molar-refractivity contribution is 6.21. The fourth-order valence-corrected chi connectivity index (χ4v) is 4.73. The van der Waals surface area contributed by atoms with Crippen LogP contribution in [0.15, 0.2) is 24.3 Å². The highest BCUT2D eigenvalue weighted by Crippen LogP contribution is 2.35. The summed E-state index contributed by atoms with van der Waals surface area (Å²) >= 11 is 0. The van der Waals surface area contributed by atoms with Crippen LogP contribution in [0.2, 0.25) is 0 Å². The Labute approximate surface area is 148 Å². The van der Waals surface area contributed by atoms with Gasteiger partial charge in [0.1, 0.15) is 0 Å². The molecule has 25 heavy (non-hydrogen) atoms. The van der Waals surface area contributed by atoms with Gasteiger partial charge in [0.15, 0.2) is 0 Å². The predicted octanol–water partition coefficient (Wildman–Crippen LogP) is 2.85. The molecule has 5 heteroatoms. The first-order chi connectivity index (χ1) is 12.2. The van der Waals surface area contributed by atoms with Crippen molar-refractivity contribution >= 4 is 17.7 Å². The second-order valence-electron chi connectivity index (χ2n) is 7.40. The fraction of sp³-hybridized carbons (Fsp3) is 0.550. The third-order valence-corrected chi connectivity index (χ3v) is 5.99. The Balaban J connectivity index is 1.41. The first-order valence-corrected chi connectivity index (χ1v) is 9.41. The Kier molecular flexibility index (Phi) is 4.32. The van der Waals surface area contributed by atoms with Gasteiger partial charge >= 0.3 is 0 Å². The third kappa shape index (κ3) is 2.86. The van der Waals surface area contributed by atoms with Crippen molar-refractivity contribution in [3.05, 3.63) is 35.4 Å². The summed E-state index contributed by atoms with van der Waals surface area (Å²) in [4.78, 5) is 40.8. The Morgan fingerprint density at radius 3 is 2.32 bits per heavy atom. The lowest BCUT2D eigenvalue weighted by molar-refractivity contribution is -0.137. The lowest BCUT2D eigenvalue weighted by Crippen LogP contribution is -2.50. The maximum atomic E-state index is 12.8. The average molecular weight is 340 g/mol. The van der Waals surface area contributed by atoms with Gasteiger partial charge in [0.2, 0.25) is 5.91 Å². The zero-order valence-electron chi connectivity index (χ0n) is 14.4. The van der Waals surface area contributed by atoms with Crippen LogP contribution in [-0.2, 0) is 4.79 Å². The van der Waals surface area contributed by atoms with E-state index < -0.39 is 0 Å². The second kappa shape index (κ2) is 6.62. The van der Waals surface area contributed by atoms with Gasteiger partial charge in [-0.25, -0.2) is 0 Å². The lowest BCUT2D eigenvalue weighted by atomic mass is 9.78. The molecule has 1 saturated heterocycles. The minimum atomic E-state index is -0.275. The van der Waals surface area contributed by atoms with Crippen molar-refractivity contribution in [3.8, 4) is 0 Å². The molecular weight excluding hydrogens is 316 g/mol. The number of carbonyl (C=O) groups excluding carboxylic acids is 3. The van der Waals surface area contributed by atoms with E-state index in [-0.39, 0.29) is 30.7 Å². The molecule has 0 aromatic heterocycles. The molecule has 1 saturated carbocycles. The Morgan fingerprint density at radius 1 is 0.960 bits per heavy atom. The van der Waals surface area contributed by atoms with E-state index in [4.69, 9.17) is 0 Å². The molecule has 2 aliphatic heterocycles.